The summed E-state index contributed by atoms with van der Waals surface area (Å²) in [6.45, 7) is 9.43. The van der Waals surface area contributed by atoms with Crippen molar-refractivity contribution in [2.24, 2.45) is 0 Å². The van der Waals surface area contributed by atoms with Gasteiger partial charge in [-0.1, -0.05) is 141 Å². The van der Waals surface area contributed by atoms with E-state index in [1.165, 1.54) is 53.2 Å². The molecule has 5 aromatic rings. The number of hydrogen-bond acceptors (Lipinski definition) is 2. The molecular formula is C48H40OS. The number of para-hydroxylation sites is 1. The highest BCUT2D eigenvalue weighted by Crippen LogP contribution is 2.40. The van der Waals surface area contributed by atoms with Crippen molar-refractivity contribution in [2.45, 2.75) is 32.1 Å². The fourth-order valence-corrected chi connectivity index (χ4v) is 8.48. The summed E-state index contributed by atoms with van der Waals surface area (Å²) in [5, 5.41) is 4.96. The Balaban J connectivity index is 1.36. The predicted molar refractivity (Wildman–Crippen MR) is 216 cm³/mol. The molecule has 2 aliphatic carbocycles. The lowest BCUT2D eigenvalue weighted by molar-refractivity contribution is 0.354. The van der Waals surface area contributed by atoms with E-state index in [4.69, 9.17) is 4.74 Å². The number of rotatable bonds is 5. The number of hydrogen-bond donors (Lipinski definition) is 0. The van der Waals surface area contributed by atoms with Gasteiger partial charge in [0.05, 0.1) is 0 Å². The number of fused-ring (bicyclic) bond motifs is 7. The molecule has 0 radical (unpaired) electrons. The molecular weight excluding hydrogens is 625 g/mol. The number of ether oxygens (including phenoxy) is 1. The maximum absolute atomic E-state index is 6.73. The average Bonchev–Trinajstić information content (AvgIpc) is 3.57. The summed E-state index contributed by atoms with van der Waals surface area (Å²) in [5.74, 6) is 0.943. The minimum Gasteiger partial charge on any atom is -0.489 e. The van der Waals surface area contributed by atoms with Crippen LogP contribution in [0.1, 0.15) is 42.4 Å². The zero-order valence-electron chi connectivity index (χ0n) is 28.3. The molecule has 0 N–H and O–H groups in total. The Morgan fingerprint density at radius 3 is 2.36 bits per heavy atom. The first-order valence-electron chi connectivity index (χ1n) is 17.6. The highest BCUT2D eigenvalue weighted by atomic mass is 32.1. The molecule has 0 unspecified atom stereocenters. The van der Waals surface area contributed by atoms with Gasteiger partial charge in [0.2, 0.25) is 0 Å². The normalized spacial score (nSPS) is 20.6. The van der Waals surface area contributed by atoms with E-state index in [0.717, 1.165) is 65.4 Å². The van der Waals surface area contributed by atoms with Gasteiger partial charge in [-0.05, 0) is 104 Å². The summed E-state index contributed by atoms with van der Waals surface area (Å²) in [6.07, 6.45) is 27.2. The van der Waals surface area contributed by atoms with Crippen molar-refractivity contribution in [1.82, 2.24) is 0 Å². The zero-order valence-corrected chi connectivity index (χ0v) is 29.1. The first-order valence-corrected chi connectivity index (χ1v) is 18.4. The molecule has 8 rings (SSSR count). The molecule has 2 heteroatoms. The molecule has 2 heterocycles. The van der Waals surface area contributed by atoms with E-state index >= 15 is 0 Å². The Morgan fingerprint density at radius 1 is 0.700 bits per heavy atom. The summed E-state index contributed by atoms with van der Waals surface area (Å²) >= 11 is 1.89. The van der Waals surface area contributed by atoms with Gasteiger partial charge in [-0.15, -0.1) is 11.3 Å². The van der Waals surface area contributed by atoms with Crippen LogP contribution in [0, 0.1) is 0 Å². The molecule has 244 valence electrons. The van der Waals surface area contributed by atoms with Crippen LogP contribution in [0.15, 0.2) is 175 Å². The average molecular weight is 665 g/mol. The fourth-order valence-electron chi connectivity index (χ4n) is 7.24. The van der Waals surface area contributed by atoms with E-state index in [0.29, 0.717) is 6.61 Å². The molecule has 50 heavy (non-hydrogen) atoms. The minimum absolute atomic E-state index is 0.459. The molecule has 1 nitrogen and oxygen atoms in total. The summed E-state index contributed by atoms with van der Waals surface area (Å²) in [5.41, 5.74) is 10.6. The van der Waals surface area contributed by atoms with E-state index in [9.17, 15) is 0 Å². The van der Waals surface area contributed by atoms with Crippen molar-refractivity contribution in [2.75, 3.05) is 6.61 Å². The second kappa shape index (κ2) is 14.2. The van der Waals surface area contributed by atoms with Crippen LogP contribution < -0.4 is 15.2 Å². The third kappa shape index (κ3) is 6.35. The van der Waals surface area contributed by atoms with Gasteiger partial charge in [0.15, 0.2) is 0 Å². The molecule has 1 aromatic heterocycles. The van der Waals surface area contributed by atoms with E-state index in [1.807, 2.05) is 11.3 Å². The minimum atomic E-state index is 0.459. The number of thiophene rings is 1. The molecule has 0 bridgehead atoms. The van der Waals surface area contributed by atoms with Crippen molar-refractivity contribution >= 4 is 48.7 Å². The lowest BCUT2D eigenvalue weighted by atomic mass is 9.92. The second-order valence-corrected chi connectivity index (χ2v) is 14.2. The van der Waals surface area contributed by atoms with Crippen LogP contribution in [-0.2, 0) is 6.42 Å². The molecule has 1 aliphatic heterocycles. The van der Waals surface area contributed by atoms with Crippen LogP contribution in [0.2, 0.25) is 0 Å². The topological polar surface area (TPSA) is 9.23 Å². The van der Waals surface area contributed by atoms with Gasteiger partial charge in [-0.2, -0.15) is 0 Å². The van der Waals surface area contributed by atoms with Gasteiger partial charge in [0.25, 0.3) is 0 Å². The lowest BCUT2D eigenvalue weighted by Crippen LogP contribution is -2.30. The van der Waals surface area contributed by atoms with Crippen LogP contribution in [0.5, 0.6) is 5.75 Å². The summed E-state index contributed by atoms with van der Waals surface area (Å²) < 4.78 is 9.37. The molecule has 0 saturated heterocycles. The Hall–Kier alpha value is -5.44. The number of benzene rings is 4. The molecule has 0 atom stereocenters. The van der Waals surface area contributed by atoms with Gasteiger partial charge < -0.3 is 4.74 Å². The van der Waals surface area contributed by atoms with Crippen LogP contribution in [0.4, 0.5) is 0 Å². The van der Waals surface area contributed by atoms with Crippen molar-refractivity contribution in [1.29, 1.82) is 0 Å². The third-order valence-electron chi connectivity index (χ3n) is 9.91. The Kier molecular flexibility index (Phi) is 9.03. The molecule has 0 amide bonds. The smallest absolute Gasteiger partial charge is 0.123 e. The van der Waals surface area contributed by atoms with Crippen LogP contribution >= 0.6 is 11.3 Å². The van der Waals surface area contributed by atoms with Gasteiger partial charge >= 0.3 is 0 Å². The fraction of sp³-hybridized carbons (Fsp3) is 0.125. The molecule has 0 spiro atoms. The largest absolute Gasteiger partial charge is 0.489 e. The maximum atomic E-state index is 6.73. The number of allylic oxidation sites excluding steroid dienone is 12. The van der Waals surface area contributed by atoms with Gasteiger partial charge in [-0.3, -0.25) is 0 Å². The first-order chi connectivity index (χ1) is 24.6. The zero-order chi connectivity index (χ0) is 33.9. The maximum Gasteiger partial charge on any atom is 0.123 e. The van der Waals surface area contributed by atoms with Gasteiger partial charge in [-0.25, -0.2) is 0 Å². The summed E-state index contributed by atoms with van der Waals surface area (Å²) in [4.78, 5) is 0. The summed E-state index contributed by atoms with van der Waals surface area (Å²) in [6, 6.07) is 30.7. The second-order valence-electron chi connectivity index (χ2n) is 13.2. The highest BCUT2D eigenvalue weighted by molar-refractivity contribution is 7.26. The van der Waals surface area contributed by atoms with Crippen molar-refractivity contribution in [3.63, 3.8) is 0 Å². The molecule has 3 aliphatic rings. The molecule has 4 aromatic carbocycles. The van der Waals surface area contributed by atoms with Crippen LogP contribution in [-0.4, -0.2) is 6.61 Å². The van der Waals surface area contributed by atoms with E-state index in [1.54, 1.807) is 0 Å². The first kappa shape index (κ1) is 31.8. The van der Waals surface area contributed by atoms with Crippen molar-refractivity contribution in [3.8, 4) is 5.75 Å². The molecule has 0 fully saturated rings. The van der Waals surface area contributed by atoms with E-state index in [2.05, 4.69) is 159 Å². The quantitative estimate of drug-likeness (QED) is 0.170. The van der Waals surface area contributed by atoms with Crippen LogP contribution in [0.3, 0.4) is 0 Å². The van der Waals surface area contributed by atoms with Gasteiger partial charge in [0.1, 0.15) is 12.4 Å². The van der Waals surface area contributed by atoms with Crippen LogP contribution in [0.25, 0.3) is 37.4 Å². The highest BCUT2D eigenvalue weighted by Gasteiger charge is 2.18. The van der Waals surface area contributed by atoms with E-state index in [-0.39, 0.29) is 0 Å². The Labute approximate surface area is 299 Å². The SMILES string of the molecule is C=C(/C=C\C(=C)C1=c2/cccc/c2=C(\C2=C\c3c(ccc4c3sc3ccccc34)Cc3ccccc3OC2)/C=C/CC/C=C/1)C1=CC=CCC1. The Bertz CT molecular complexity index is 2490. The lowest BCUT2D eigenvalue weighted by Gasteiger charge is -2.14. The standard InChI is InChI=1S/C48H40OS/c1-33(35-16-6-5-7-17-35)26-27-34(2)39-19-8-3-4-9-20-40(42-22-12-11-21-41(39)42)38-31-45-36(30-37-18-10-14-24-46(37)49-32-38)28-29-44-43-23-13-15-25-47(43)50-48(44)45/h5-6,8-16,18-29,31H,1-4,7,17,30,32H2/b19-8+,20-9+,27-26-,38-31+,41-39+,42-40+. The van der Waals surface area contributed by atoms with E-state index < -0.39 is 0 Å². The van der Waals surface area contributed by atoms with Crippen molar-refractivity contribution in [3.05, 3.63) is 202 Å². The Morgan fingerprint density at radius 2 is 1.48 bits per heavy atom. The molecule has 0 saturated carbocycles. The monoisotopic (exact) mass is 664 g/mol. The third-order valence-corrected chi connectivity index (χ3v) is 11.1. The van der Waals surface area contributed by atoms with Gasteiger partial charge in [0, 0.05) is 26.6 Å². The summed E-state index contributed by atoms with van der Waals surface area (Å²) in [7, 11) is 0. The van der Waals surface area contributed by atoms with Crippen molar-refractivity contribution < 1.29 is 4.74 Å². The predicted octanol–water partition coefficient (Wildman–Crippen LogP) is 11.3.